The Kier molecular flexibility index (Phi) is 6.39. The summed E-state index contributed by atoms with van der Waals surface area (Å²) in [5.41, 5.74) is 2.97. The molecule has 0 aliphatic rings. The van der Waals surface area contributed by atoms with Crippen molar-refractivity contribution in [3.8, 4) is 11.4 Å². The number of carbonyl (C=O) groups is 2. The summed E-state index contributed by atoms with van der Waals surface area (Å²) < 4.78 is 5.46. The van der Waals surface area contributed by atoms with Crippen LogP contribution in [0.15, 0.2) is 60.9 Å². The zero-order chi connectivity index (χ0) is 22.7. The van der Waals surface area contributed by atoms with Crippen LogP contribution in [0.25, 0.3) is 22.4 Å². The minimum atomic E-state index is -0.972. The Morgan fingerprint density at radius 2 is 1.97 bits per heavy atom. The monoisotopic (exact) mass is 468 g/mol. The van der Waals surface area contributed by atoms with E-state index in [4.69, 9.17) is 27.9 Å². The predicted octanol–water partition coefficient (Wildman–Crippen LogP) is 5.51. The molecule has 2 heterocycles. The van der Waals surface area contributed by atoms with Crippen LogP contribution in [0.5, 0.6) is 0 Å². The smallest absolute Gasteiger partial charge is 0.338 e. The lowest BCUT2D eigenvalue weighted by Crippen LogP contribution is -2.32. The number of rotatable bonds is 6. The summed E-state index contributed by atoms with van der Waals surface area (Å²) in [7, 11) is 0. The van der Waals surface area contributed by atoms with Gasteiger partial charge in [0, 0.05) is 23.6 Å². The van der Waals surface area contributed by atoms with E-state index in [2.05, 4.69) is 20.3 Å². The number of imidazole rings is 1. The van der Waals surface area contributed by atoms with Crippen molar-refractivity contribution in [3.63, 3.8) is 0 Å². The van der Waals surface area contributed by atoms with Crippen LogP contribution < -0.4 is 5.32 Å². The maximum absolute atomic E-state index is 12.7. The highest BCUT2D eigenvalue weighted by Crippen LogP contribution is 2.25. The Balaban J connectivity index is 1.48. The van der Waals surface area contributed by atoms with Crippen LogP contribution in [0.2, 0.25) is 10.0 Å². The predicted molar refractivity (Wildman–Crippen MR) is 124 cm³/mol. The molecular formula is C23H18Cl2N4O3. The van der Waals surface area contributed by atoms with Crippen molar-refractivity contribution in [2.45, 2.75) is 19.4 Å². The number of halogens is 2. The molecule has 2 aromatic carbocycles. The molecule has 0 saturated heterocycles. The van der Waals surface area contributed by atoms with Gasteiger partial charge in [0.05, 0.1) is 26.6 Å². The Labute approximate surface area is 193 Å². The van der Waals surface area contributed by atoms with E-state index >= 15 is 0 Å². The van der Waals surface area contributed by atoms with Crippen LogP contribution in [0.4, 0.5) is 5.69 Å². The Hall–Kier alpha value is -3.42. The Morgan fingerprint density at radius 3 is 2.69 bits per heavy atom. The molecule has 4 aromatic rings. The van der Waals surface area contributed by atoms with Crippen molar-refractivity contribution in [1.82, 2.24) is 15.0 Å². The van der Waals surface area contributed by atoms with E-state index in [1.54, 1.807) is 49.6 Å². The number of anilines is 1. The number of carbonyl (C=O) groups excluding carboxylic acids is 2. The fourth-order valence-electron chi connectivity index (χ4n) is 3.09. The van der Waals surface area contributed by atoms with Gasteiger partial charge in [-0.25, -0.2) is 9.78 Å². The van der Waals surface area contributed by atoms with Crippen molar-refractivity contribution < 1.29 is 14.3 Å². The van der Waals surface area contributed by atoms with Crippen LogP contribution in [0.1, 0.15) is 23.7 Å². The zero-order valence-electron chi connectivity index (χ0n) is 16.9. The first-order valence-electron chi connectivity index (χ1n) is 9.81. The minimum Gasteiger partial charge on any atom is -0.449 e. The molecule has 4 rings (SSSR count). The van der Waals surface area contributed by atoms with Gasteiger partial charge in [-0.05, 0) is 55.0 Å². The fourth-order valence-corrected chi connectivity index (χ4v) is 3.39. The van der Waals surface area contributed by atoms with E-state index in [0.717, 1.165) is 5.56 Å². The first kappa shape index (κ1) is 21.8. The van der Waals surface area contributed by atoms with E-state index in [9.17, 15) is 9.59 Å². The highest BCUT2D eigenvalue weighted by atomic mass is 35.5. The number of aromatic nitrogens is 3. The van der Waals surface area contributed by atoms with E-state index in [-0.39, 0.29) is 0 Å². The molecule has 1 amide bonds. The topological polar surface area (TPSA) is 97.0 Å². The number of pyridine rings is 1. The van der Waals surface area contributed by atoms with Crippen LogP contribution >= 0.6 is 23.2 Å². The SMILES string of the molecule is CCC(OC(=O)c1ccc2nc(-c3cccnc3)[nH]c2c1)C(=O)Nc1ccc(Cl)c(Cl)c1. The van der Waals surface area contributed by atoms with Crippen molar-refractivity contribution in [2.24, 2.45) is 0 Å². The summed E-state index contributed by atoms with van der Waals surface area (Å²) in [6.45, 7) is 1.75. The molecular weight excluding hydrogens is 451 g/mol. The third kappa shape index (κ3) is 4.74. The van der Waals surface area contributed by atoms with Gasteiger partial charge in [0.1, 0.15) is 5.82 Å². The van der Waals surface area contributed by atoms with Gasteiger partial charge >= 0.3 is 5.97 Å². The molecule has 0 spiro atoms. The second kappa shape index (κ2) is 9.38. The first-order valence-corrected chi connectivity index (χ1v) is 10.6. The van der Waals surface area contributed by atoms with Crippen LogP contribution in [0.3, 0.4) is 0 Å². The van der Waals surface area contributed by atoms with Crippen molar-refractivity contribution in [2.75, 3.05) is 5.32 Å². The minimum absolute atomic E-state index is 0.302. The number of hydrogen-bond donors (Lipinski definition) is 2. The molecule has 1 atom stereocenters. The summed E-state index contributed by atoms with van der Waals surface area (Å²) in [5.74, 6) is -0.424. The first-order chi connectivity index (χ1) is 15.4. The van der Waals surface area contributed by atoms with Crippen LogP contribution in [-0.2, 0) is 9.53 Å². The second-order valence-electron chi connectivity index (χ2n) is 6.98. The largest absolute Gasteiger partial charge is 0.449 e. The normalized spacial score (nSPS) is 11.8. The van der Waals surface area contributed by atoms with Crippen molar-refractivity contribution in [1.29, 1.82) is 0 Å². The number of fused-ring (bicyclic) bond motifs is 1. The van der Waals surface area contributed by atoms with Gasteiger partial charge in [-0.3, -0.25) is 9.78 Å². The van der Waals surface area contributed by atoms with Gasteiger partial charge in [0.2, 0.25) is 0 Å². The Morgan fingerprint density at radius 1 is 1.12 bits per heavy atom. The van der Waals surface area contributed by atoms with Gasteiger partial charge in [0.15, 0.2) is 6.10 Å². The van der Waals surface area contributed by atoms with E-state index in [1.165, 1.54) is 6.07 Å². The number of nitrogens with one attached hydrogen (secondary N) is 2. The lowest BCUT2D eigenvalue weighted by atomic mass is 10.2. The van der Waals surface area contributed by atoms with E-state index in [1.807, 2.05) is 12.1 Å². The van der Waals surface area contributed by atoms with Crippen LogP contribution in [-0.4, -0.2) is 32.9 Å². The zero-order valence-corrected chi connectivity index (χ0v) is 18.4. The number of hydrogen-bond acceptors (Lipinski definition) is 5. The molecule has 0 radical (unpaired) electrons. The molecule has 0 saturated carbocycles. The average Bonchev–Trinajstić information content (AvgIpc) is 3.23. The highest BCUT2D eigenvalue weighted by Gasteiger charge is 2.23. The fraction of sp³-hybridized carbons (Fsp3) is 0.130. The number of nitrogens with zero attached hydrogens (tertiary/aromatic N) is 2. The third-order valence-electron chi connectivity index (χ3n) is 4.75. The summed E-state index contributed by atoms with van der Waals surface area (Å²) in [6, 6.07) is 13.4. The molecule has 2 aromatic heterocycles. The quantitative estimate of drug-likeness (QED) is 0.363. The third-order valence-corrected chi connectivity index (χ3v) is 5.49. The number of ether oxygens (including phenoxy) is 1. The molecule has 162 valence electrons. The Bertz CT molecular complexity index is 1290. The van der Waals surface area contributed by atoms with Crippen LogP contribution in [0, 0.1) is 0 Å². The van der Waals surface area contributed by atoms with Crippen molar-refractivity contribution >= 4 is 51.8 Å². The summed E-state index contributed by atoms with van der Waals surface area (Å²) >= 11 is 11.9. The van der Waals surface area contributed by atoms with Gasteiger partial charge in [0.25, 0.3) is 5.91 Å². The number of H-pyrrole nitrogens is 1. The van der Waals surface area contributed by atoms with E-state index in [0.29, 0.717) is 44.6 Å². The molecule has 0 fully saturated rings. The number of amides is 1. The standard InChI is InChI=1S/C23H18Cl2N4O3/c1-2-20(22(30)27-15-6-7-16(24)17(25)11-15)32-23(31)13-5-8-18-19(10-13)29-21(28-18)14-4-3-9-26-12-14/h3-12,20H,2H2,1H3,(H,27,30)(H,28,29). The number of esters is 1. The molecule has 7 nitrogen and oxygen atoms in total. The average molecular weight is 469 g/mol. The van der Waals surface area contributed by atoms with Gasteiger partial charge < -0.3 is 15.0 Å². The summed E-state index contributed by atoms with van der Waals surface area (Å²) in [6.07, 6.45) is 2.71. The molecule has 0 aliphatic heterocycles. The van der Waals surface area contributed by atoms with Gasteiger partial charge in [-0.1, -0.05) is 30.1 Å². The molecule has 9 heteroatoms. The molecule has 32 heavy (non-hydrogen) atoms. The molecule has 0 aliphatic carbocycles. The lowest BCUT2D eigenvalue weighted by Gasteiger charge is -2.16. The lowest BCUT2D eigenvalue weighted by molar-refractivity contribution is -0.124. The maximum atomic E-state index is 12.7. The van der Waals surface area contributed by atoms with Crippen molar-refractivity contribution in [3.05, 3.63) is 76.5 Å². The molecule has 2 N–H and O–H groups in total. The number of aromatic amines is 1. The summed E-state index contributed by atoms with van der Waals surface area (Å²) in [4.78, 5) is 37.1. The molecule has 1 unspecified atom stereocenters. The highest BCUT2D eigenvalue weighted by molar-refractivity contribution is 6.42. The second-order valence-corrected chi connectivity index (χ2v) is 7.79. The number of benzene rings is 2. The summed E-state index contributed by atoms with van der Waals surface area (Å²) in [5, 5.41) is 3.38. The molecule has 0 bridgehead atoms. The van der Waals surface area contributed by atoms with Gasteiger partial charge in [-0.2, -0.15) is 0 Å². The maximum Gasteiger partial charge on any atom is 0.338 e. The van der Waals surface area contributed by atoms with Gasteiger partial charge in [-0.15, -0.1) is 0 Å². The van der Waals surface area contributed by atoms with E-state index < -0.39 is 18.0 Å².